The maximum absolute atomic E-state index is 10.8. The molecule has 4 heteroatoms. The van der Waals surface area contributed by atoms with Crippen molar-refractivity contribution in [3.05, 3.63) is 0 Å². The van der Waals surface area contributed by atoms with Gasteiger partial charge < -0.3 is 16.8 Å². The van der Waals surface area contributed by atoms with Crippen molar-refractivity contribution < 1.29 is 4.79 Å². The number of amides is 1. The van der Waals surface area contributed by atoms with Gasteiger partial charge in [-0.15, -0.1) is 0 Å². The SMILES string of the molecule is CC(C)(C)CNC(=O)C(N)N. The smallest absolute Gasteiger partial charge is 0.251 e. The molecule has 0 saturated carbocycles. The highest BCUT2D eigenvalue weighted by Gasteiger charge is 2.13. The first-order chi connectivity index (χ1) is 4.83. The lowest BCUT2D eigenvalue weighted by Gasteiger charge is -2.19. The highest BCUT2D eigenvalue weighted by molar-refractivity contribution is 5.80. The first-order valence-electron chi connectivity index (χ1n) is 3.62. The number of carbonyl (C=O) groups is 1. The first kappa shape index (κ1) is 10.4. The highest BCUT2D eigenvalue weighted by Crippen LogP contribution is 2.09. The Morgan fingerprint density at radius 2 is 1.91 bits per heavy atom. The molecule has 0 aliphatic heterocycles. The molecule has 0 fully saturated rings. The molecule has 0 rings (SSSR count). The molecule has 0 spiro atoms. The summed E-state index contributed by atoms with van der Waals surface area (Å²) in [4.78, 5) is 10.8. The average Bonchev–Trinajstić information content (AvgIpc) is 1.80. The van der Waals surface area contributed by atoms with Gasteiger partial charge in [-0.25, -0.2) is 0 Å². The fraction of sp³-hybridized carbons (Fsp3) is 0.857. The van der Waals surface area contributed by atoms with Crippen LogP contribution in [0.4, 0.5) is 0 Å². The number of nitrogens with one attached hydrogen (secondary N) is 1. The fourth-order valence-electron chi connectivity index (χ4n) is 0.470. The van der Waals surface area contributed by atoms with Crippen molar-refractivity contribution in [2.45, 2.75) is 26.9 Å². The van der Waals surface area contributed by atoms with Crippen LogP contribution in [0.1, 0.15) is 20.8 Å². The summed E-state index contributed by atoms with van der Waals surface area (Å²) in [5, 5.41) is 2.63. The van der Waals surface area contributed by atoms with Crippen LogP contribution in [-0.2, 0) is 4.79 Å². The van der Waals surface area contributed by atoms with E-state index in [1.165, 1.54) is 0 Å². The number of hydrogen-bond acceptors (Lipinski definition) is 3. The van der Waals surface area contributed by atoms with Gasteiger partial charge in [0, 0.05) is 6.54 Å². The quantitative estimate of drug-likeness (QED) is 0.470. The Labute approximate surface area is 67.3 Å². The summed E-state index contributed by atoms with van der Waals surface area (Å²) >= 11 is 0. The number of carbonyl (C=O) groups excluding carboxylic acids is 1. The zero-order valence-corrected chi connectivity index (χ0v) is 7.35. The molecule has 0 aromatic carbocycles. The molecule has 66 valence electrons. The van der Waals surface area contributed by atoms with Gasteiger partial charge in [0.15, 0.2) is 0 Å². The first-order valence-corrected chi connectivity index (χ1v) is 3.62. The Kier molecular flexibility index (Phi) is 3.48. The van der Waals surface area contributed by atoms with Crippen LogP contribution in [-0.4, -0.2) is 18.6 Å². The minimum Gasteiger partial charge on any atom is -0.353 e. The Morgan fingerprint density at radius 3 is 2.18 bits per heavy atom. The molecule has 0 aromatic rings. The van der Waals surface area contributed by atoms with Gasteiger partial charge >= 0.3 is 0 Å². The zero-order chi connectivity index (χ0) is 9.07. The predicted octanol–water partition coefficient (Wildman–Crippen LogP) is -0.608. The maximum Gasteiger partial charge on any atom is 0.251 e. The van der Waals surface area contributed by atoms with Gasteiger partial charge in [0.05, 0.1) is 0 Å². The molecule has 0 radical (unpaired) electrons. The van der Waals surface area contributed by atoms with Gasteiger partial charge in [-0.3, -0.25) is 4.79 Å². The second-order valence-electron chi connectivity index (χ2n) is 3.80. The van der Waals surface area contributed by atoms with Crippen LogP contribution in [0.2, 0.25) is 0 Å². The van der Waals surface area contributed by atoms with Crippen molar-refractivity contribution in [2.75, 3.05) is 6.54 Å². The van der Waals surface area contributed by atoms with E-state index in [1.807, 2.05) is 20.8 Å². The summed E-state index contributed by atoms with van der Waals surface area (Å²) in [6, 6.07) is 0. The Balaban J connectivity index is 3.64. The molecule has 1 amide bonds. The minimum absolute atomic E-state index is 0.0740. The van der Waals surface area contributed by atoms with E-state index in [0.717, 1.165) is 0 Å². The molecule has 0 aliphatic rings. The number of hydrogen-bond donors (Lipinski definition) is 3. The van der Waals surface area contributed by atoms with Crippen LogP contribution in [0.15, 0.2) is 0 Å². The van der Waals surface area contributed by atoms with Crippen LogP contribution >= 0.6 is 0 Å². The van der Waals surface area contributed by atoms with Crippen molar-refractivity contribution in [1.82, 2.24) is 5.32 Å². The average molecular weight is 159 g/mol. The van der Waals surface area contributed by atoms with Crippen molar-refractivity contribution >= 4 is 5.91 Å². The molecule has 0 aromatic heterocycles. The van der Waals surface area contributed by atoms with E-state index >= 15 is 0 Å². The molecule has 0 saturated heterocycles. The van der Waals surface area contributed by atoms with Crippen molar-refractivity contribution in [1.29, 1.82) is 0 Å². The molecule has 5 N–H and O–H groups in total. The molecule has 0 unspecified atom stereocenters. The summed E-state index contributed by atoms with van der Waals surface area (Å²) < 4.78 is 0. The van der Waals surface area contributed by atoms with Crippen LogP contribution < -0.4 is 16.8 Å². The predicted molar refractivity (Wildman–Crippen MR) is 44.6 cm³/mol. The minimum atomic E-state index is -0.905. The molecule has 0 heterocycles. The van der Waals surface area contributed by atoms with E-state index in [0.29, 0.717) is 6.54 Å². The van der Waals surface area contributed by atoms with E-state index in [-0.39, 0.29) is 11.3 Å². The number of rotatable bonds is 2. The lowest BCUT2D eigenvalue weighted by atomic mass is 9.97. The largest absolute Gasteiger partial charge is 0.353 e. The highest BCUT2D eigenvalue weighted by atomic mass is 16.2. The van der Waals surface area contributed by atoms with Crippen LogP contribution in [0, 0.1) is 5.41 Å². The monoisotopic (exact) mass is 159 g/mol. The summed E-state index contributed by atoms with van der Waals surface area (Å²) in [6.45, 7) is 6.66. The molecule has 11 heavy (non-hydrogen) atoms. The van der Waals surface area contributed by atoms with E-state index in [1.54, 1.807) is 0 Å². The van der Waals surface area contributed by atoms with Crippen LogP contribution in [0.25, 0.3) is 0 Å². The van der Waals surface area contributed by atoms with Crippen molar-refractivity contribution in [3.8, 4) is 0 Å². The lowest BCUT2D eigenvalue weighted by Crippen LogP contribution is -2.48. The molecule has 4 nitrogen and oxygen atoms in total. The van der Waals surface area contributed by atoms with Gasteiger partial charge in [-0.1, -0.05) is 20.8 Å². The molecule has 0 bridgehead atoms. The van der Waals surface area contributed by atoms with Gasteiger partial charge in [0.2, 0.25) is 0 Å². The van der Waals surface area contributed by atoms with Crippen molar-refractivity contribution in [2.24, 2.45) is 16.9 Å². The maximum atomic E-state index is 10.8. The van der Waals surface area contributed by atoms with Gasteiger partial charge in [0.25, 0.3) is 5.91 Å². The molecule has 0 aliphatic carbocycles. The topological polar surface area (TPSA) is 81.1 Å². The van der Waals surface area contributed by atoms with E-state index in [9.17, 15) is 4.79 Å². The fourth-order valence-corrected chi connectivity index (χ4v) is 0.470. The van der Waals surface area contributed by atoms with Crippen molar-refractivity contribution in [3.63, 3.8) is 0 Å². The number of nitrogens with two attached hydrogens (primary N) is 2. The van der Waals surface area contributed by atoms with E-state index in [2.05, 4.69) is 5.32 Å². The molecule has 0 atom stereocenters. The second-order valence-corrected chi connectivity index (χ2v) is 3.80. The normalized spacial score (nSPS) is 11.8. The third-order valence-electron chi connectivity index (χ3n) is 1.10. The standard InChI is InChI=1S/C7H17N3O/c1-7(2,3)4-10-6(11)5(8)9/h5H,4,8-9H2,1-3H3,(H,10,11). The summed E-state index contributed by atoms with van der Waals surface area (Å²) in [5.41, 5.74) is 10.3. The van der Waals surface area contributed by atoms with Crippen LogP contribution in [0.3, 0.4) is 0 Å². The van der Waals surface area contributed by atoms with Gasteiger partial charge in [0.1, 0.15) is 6.17 Å². The summed E-state index contributed by atoms with van der Waals surface area (Å²) in [5.74, 6) is -0.306. The summed E-state index contributed by atoms with van der Waals surface area (Å²) in [7, 11) is 0. The third kappa shape index (κ3) is 5.82. The van der Waals surface area contributed by atoms with Gasteiger partial charge in [-0.2, -0.15) is 0 Å². The molecular weight excluding hydrogens is 142 g/mol. The van der Waals surface area contributed by atoms with E-state index in [4.69, 9.17) is 11.5 Å². The van der Waals surface area contributed by atoms with E-state index < -0.39 is 6.17 Å². The second kappa shape index (κ2) is 3.69. The third-order valence-corrected chi connectivity index (χ3v) is 1.10. The lowest BCUT2D eigenvalue weighted by molar-refractivity contribution is -0.122. The molecular formula is C7H17N3O. The Hall–Kier alpha value is -0.610. The van der Waals surface area contributed by atoms with Crippen LogP contribution in [0.5, 0.6) is 0 Å². The Morgan fingerprint density at radius 1 is 1.45 bits per heavy atom. The zero-order valence-electron chi connectivity index (χ0n) is 7.35. The van der Waals surface area contributed by atoms with Gasteiger partial charge in [-0.05, 0) is 5.41 Å². The summed E-state index contributed by atoms with van der Waals surface area (Å²) in [6.07, 6.45) is -0.905. The Bertz CT molecular complexity index is 137.